The predicted octanol–water partition coefficient (Wildman–Crippen LogP) is 1.32. The zero-order valence-corrected chi connectivity index (χ0v) is 11.9. The molecular weight excluding hydrogens is 232 g/mol. The molecular formula is C13H26N2OS. The Morgan fingerprint density at radius 3 is 2.88 bits per heavy atom. The van der Waals surface area contributed by atoms with E-state index in [2.05, 4.69) is 23.4 Å². The lowest BCUT2D eigenvalue weighted by molar-refractivity contribution is 0.174. The number of piperidine rings is 1. The molecule has 0 aliphatic carbocycles. The molecule has 0 radical (unpaired) electrons. The number of hydrogen-bond donors (Lipinski definition) is 2. The summed E-state index contributed by atoms with van der Waals surface area (Å²) in [4.78, 5) is 2.65. The Morgan fingerprint density at radius 2 is 2.18 bits per heavy atom. The molecule has 100 valence electrons. The van der Waals surface area contributed by atoms with Crippen LogP contribution in [0.15, 0.2) is 0 Å². The zero-order valence-electron chi connectivity index (χ0n) is 11.1. The van der Waals surface area contributed by atoms with Gasteiger partial charge in [0.2, 0.25) is 0 Å². The Balaban J connectivity index is 1.86. The Bertz CT molecular complexity index is 235. The van der Waals surface area contributed by atoms with Crippen LogP contribution in [-0.4, -0.2) is 59.3 Å². The van der Waals surface area contributed by atoms with Gasteiger partial charge in [0.15, 0.2) is 0 Å². The van der Waals surface area contributed by atoms with Crippen LogP contribution in [0.2, 0.25) is 0 Å². The molecule has 0 aromatic rings. The van der Waals surface area contributed by atoms with Gasteiger partial charge in [0, 0.05) is 29.9 Å². The summed E-state index contributed by atoms with van der Waals surface area (Å²) in [5.41, 5.74) is 0. The summed E-state index contributed by atoms with van der Waals surface area (Å²) in [7, 11) is 0. The van der Waals surface area contributed by atoms with Crippen molar-refractivity contribution in [3.8, 4) is 0 Å². The van der Waals surface area contributed by atoms with Gasteiger partial charge >= 0.3 is 0 Å². The minimum absolute atomic E-state index is 0.274. The molecule has 2 aliphatic heterocycles. The van der Waals surface area contributed by atoms with E-state index in [4.69, 9.17) is 0 Å². The average Bonchev–Trinajstić information content (AvgIpc) is 2.74. The van der Waals surface area contributed by atoms with Crippen molar-refractivity contribution in [3.05, 3.63) is 0 Å². The minimum atomic E-state index is 0.274. The molecule has 2 rings (SSSR count). The van der Waals surface area contributed by atoms with Gasteiger partial charge < -0.3 is 10.4 Å². The third-order valence-corrected chi connectivity index (χ3v) is 5.54. The molecule has 4 heteroatoms. The minimum Gasteiger partial charge on any atom is -0.395 e. The normalized spacial score (nSPS) is 33.4. The number of nitrogens with zero attached hydrogens (tertiary/aromatic N) is 1. The van der Waals surface area contributed by atoms with E-state index in [1.165, 1.54) is 38.8 Å². The van der Waals surface area contributed by atoms with Gasteiger partial charge in [-0.05, 0) is 39.0 Å². The summed E-state index contributed by atoms with van der Waals surface area (Å²) >= 11 is 1.76. The predicted molar refractivity (Wildman–Crippen MR) is 74.6 cm³/mol. The lowest BCUT2D eigenvalue weighted by Gasteiger charge is -2.34. The van der Waals surface area contributed by atoms with Gasteiger partial charge in [-0.2, -0.15) is 11.8 Å². The molecule has 4 atom stereocenters. The summed E-state index contributed by atoms with van der Waals surface area (Å²) in [5, 5.41) is 13.4. The van der Waals surface area contributed by atoms with Crippen molar-refractivity contribution in [3.63, 3.8) is 0 Å². The van der Waals surface area contributed by atoms with E-state index in [-0.39, 0.29) is 6.61 Å². The van der Waals surface area contributed by atoms with Gasteiger partial charge in [-0.1, -0.05) is 6.42 Å². The molecule has 0 spiro atoms. The number of aliphatic hydroxyl groups is 1. The third-order valence-electron chi connectivity index (χ3n) is 4.37. The molecule has 17 heavy (non-hydrogen) atoms. The first-order valence-corrected chi connectivity index (χ1v) is 8.18. The van der Waals surface area contributed by atoms with Crippen molar-refractivity contribution >= 4 is 11.8 Å². The lowest BCUT2D eigenvalue weighted by Crippen LogP contribution is -2.50. The van der Waals surface area contributed by atoms with E-state index in [9.17, 15) is 5.11 Å². The summed E-state index contributed by atoms with van der Waals surface area (Å²) in [5.74, 6) is 0. The second-order valence-corrected chi connectivity index (χ2v) is 6.48. The highest BCUT2D eigenvalue weighted by Crippen LogP contribution is 2.28. The van der Waals surface area contributed by atoms with Gasteiger partial charge in [-0.3, -0.25) is 4.90 Å². The van der Waals surface area contributed by atoms with Crippen LogP contribution < -0.4 is 5.32 Å². The van der Waals surface area contributed by atoms with Gasteiger partial charge in [-0.15, -0.1) is 0 Å². The van der Waals surface area contributed by atoms with Crippen molar-refractivity contribution in [2.24, 2.45) is 0 Å². The van der Waals surface area contributed by atoms with E-state index in [0.717, 1.165) is 6.04 Å². The lowest BCUT2D eigenvalue weighted by atomic mass is 9.98. The number of nitrogens with one attached hydrogen (secondary N) is 1. The largest absolute Gasteiger partial charge is 0.395 e. The number of aliphatic hydroxyl groups excluding tert-OH is 1. The standard InChI is InChI=1S/C13H26N2OS/c1-10(13(9-16)17-2)14-11-6-8-15-7-4-3-5-12(11)15/h10-14,16H,3-9H2,1-2H3. The highest BCUT2D eigenvalue weighted by atomic mass is 32.2. The molecule has 3 nitrogen and oxygen atoms in total. The molecule has 2 N–H and O–H groups in total. The van der Waals surface area contributed by atoms with Crippen molar-refractivity contribution in [1.29, 1.82) is 0 Å². The average molecular weight is 258 g/mol. The van der Waals surface area contributed by atoms with Crippen LogP contribution in [0.1, 0.15) is 32.6 Å². The molecule has 2 saturated heterocycles. The second-order valence-electron chi connectivity index (χ2n) is 5.41. The summed E-state index contributed by atoms with van der Waals surface area (Å²) in [6, 6.07) is 1.81. The Morgan fingerprint density at radius 1 is 1.35 bits per heavy atom. The first-order chi connectivity index (χ1) is 8.26. The molecule has 2 fully saturated rings. The van der Waals surface area contributed by atoms with E-state index >= 15 is 0 Å². The van der Waals surface area contributed by atoms with Crippen LogP contribution in [-0.2, 0) is 0 Å². The molecule has 2 heterocycles. The van der Waals surface area contributed by atoms with Gasteiger partial charge in [0.05, 0.1) is 6.61 Å². The maximum absolute atomic E-state index is 9.33. The monoisotopic (exact) mass is 258 g/mol. The fourth-order valence-corrected chi connectivity index (χ4v) is 3.96. The van der Waals surface area contributed by atoms with Crippen molar-refractivity contribution < 1.29 is 5.11 Å². The summed E-state index contributed by atoms with van der Waals surface area (Å²) in [6.45, 7) is 5.04. The van der Waals surface area contributed by atoms with Crippen LogP contribution in [0.25, 0.3) is 0 Å². The first-order valence-electron chi connectivity index (χ1n) is 6.90. The molecule has 0 amide bonds. The maximum Gasteiger partial charge on any atom is 0.0564 e. The van der Waals surface area contributed by atoms with Crippen LogP contribution >= 0.6 is 11.8 Å². The molecule has 0 aromatic carbocycles. The van der Waals surface area contributed by atoms with Crippen molar-refractivity contribution in [1.82, 2.24) is 10.2 Å². The highest BCUT2D eigenvalue weighted by molar-refractivity contribution is 7.99. The van der Waals surface area contributed by atoms with Crippen molar-refractivity contribution in [2.45, 2.75) is 56.0 Å². The topological polar surface area (TPSA) is 35.5 Å². The third kappa shape index (κ3) is 3.16. The van der Waals surface area contributed by atoms with Gasteiger partial charge in [-0.25, -0.2) is 0 Å². The van der Waals surface area contributed by atoms with Crippen LogP contribution in [0.3, 0.4) is 0 Å². The molecule has 4 unspecified atom stereocenters. The van der Waals surface area contributed by atoms with E-state index < -0.39 is 0 Å². The quantitative estimate of drug-likeness (QED) is 0.779. The van der Waals surface area contributed by atoms with E-state index in [1.54, 1.807) is 11.8 Å². The Labute approximate surface area is 109 Å². The number of fused-ring (bicyclic) bond motifs is 1. The fourth-order valence-electron chi connectivity index (χ4n) is 3.32. The molecule has 0 aromatic heterocycles. The SMILES string of the molecule is CSC(CO)C(C)NC1CCN2CCCCC12. The first kappa shape index (κ1) is 13.7. The molecule has 0 bridgehead atoms. The number of thioether (sulfide) groups is 1. The second kappa shape index (κ2) is 6.41. The highest BCUT2D eigenvalue weighted by Gasteiger charge is 2.36. The maximum atomic E-state index is 9.33. The Kier molecular flexibility index (Phi) is 5.15. The van der Waals surface area contributed by atoms with E-state index in [0.29, 0.717) is 17.3 Å². The molecule has 2 aliphatic rings. The van der Waals surface area contributed by atoms with Gasteiger partial charge in [0.25, 0.3) is 0 Å². The van der Waals surface area contributed by atoms with Crippen LogP contribution in [0, 0.1) is 0 Å². The Hall–Kier alpha value is 0.230. The zero-order chi connectivity index (χ0) is 12.3. The summed E-state index contributed by atoms with van der Waals surface area (Å²) < 4.78 is 0. The van der Waals surface area contributed by atoms with E-state index in [1.807, 2.05) is 0 Å². The summed E-state index contributed by atoms with van der Waals surface area (Å²) in [6.07, 6.45) is 7.48. The number of hydrogen-bond acceptors (Lipinski definition) is 4. The smallest absolute Gasteiger partial charge is 0.0564 e. The van der Waals surface area contributed by atoms with Crippen molar-refractivity contribution in [2.75, 3.05) is 26.0 Å². The van der Waals surface area contributed by atoms with Crippen LogP contribution in [0.5, 0.6) is 0 Å². The molecule has 0 saturated carbocycles. The fraction of sp³-hybridized carbons (Fsp3) is 1.00. The van der Waals surface area contributed by atoms with Crippen LogP contribution in [0.4, 0.5) is 0 Å². The van der Waals surface area contributed by atoms with Gasteiger partial charge in [0.1, 0.15) is 0 Å². The number of rotatable bonds is 5.